The summed E-state index contributed by atoms with van der Waals surface area (Å²) in [5.74, 6) is 2.68. The minimum Gasteiger partial charge on any atom is -0.299 e. The van der Waals surface area contributed by atoms with E-state index in [0.29, 0.717) is 23.4 Å². The summed E-state index contributed by atoms with van der Waals surface area (Å²) in [7, 11) is 0. The van der Waals surface area contributed by atoms with E-state index in [-0.39, 0.29) is 11.8 Å². The SMILES string of the molecule is CC1CC(Cc2cccc(CC3CCC(=O)C(C)C3)c2)CCC1=O. The Morgan fingerprint density at radius 2 is 1.29 bits per heavy atom. The maximum atomic E-state index is 11.7. The Balaban J connectivity index is 1.58. The van der Waals surface area contributed by atoms with E-state index < -0.39 is 0 Å². The van der Waals surface area contributed by atoms with Gasteiger partial charge in [-0.3, -0.25) is 9.59 Å². The van der Waals surface area contributed by atoms with E-state index in [2.05, 4.69) is 38.1 Å². The van der Waals surface area contributed by atoms with Crippen LogP contribution in [0.15, 0.2) is 24.3 Å². The van der Waals surface area contributed by atoms with Crippen LogP contribution in [0.3, 0.4) is 0 Å². The first-order valence-electron chi connectivity index (χ1n) is 9.64. The molecular formula is C22H30O2. The number of rotatable bonds is 4. The van der Waals surface area contributed by atoms with Gasteiger partial charge < -0.3 is 0 Å². The van der Waals surface area contributed by atoms with Crippen LogP contribution < -0.4 is 0 Å². The Morgan fingerprint density at radius 1 is 0.833 bits per heavy atom. The maximum absolute atomic E-state index is 11.7. The predicted octanol–water partition coefficient (Wildman–Crippen LogP) is 4.78. The largest absolute Gasteiger partial charge is 0.299 e. The van der Waals surface area contributed by atoms with Crippen molar-refractivity contribution in [2.24, 2.45) is 23.7 Å². The summed E-state index contributed by atoms with van der Waals surface area (Å²) in [6.45, 7) is 4.16. The smallest absolute Gasteiger partial charge is 0.135 e. The van der Waals surface area contributed by atoms with Crippen molar-refractivity contribution in [3.05, 3.63) is 35.4 Å². The van der Waals surface area contributed by atoms with Gasteiger partial charge >= 0.3 is 0 Å². The van der Waals surface area contributed by atoms with Crippen LogP contribution >= 0.6 is 0 Å². The zero-order chi connectivity index (χ0) is 17.1. The van der Waals surface area contributed by atoms with Gasteiger partial charge in [-0.1, -0.05) is 38.1 Å². The molecule has 2 aliphatic carbocycles. The van der Waals surface area contributed by atoms with E-state index in [1.54, 1.807) is 0 Å². The summed E-state index contributed by atoms with van der Waals surface area (Å²) in [5.41, 5.74) is 2.83. The quantitative estimate of drug-likeness (QED) is 0.798. The summed E-state index contributed by atoms with van der Waals surface area (Å²) in [6, 6.07) is 9.01. The number of hydrogen-bond donors (Lipinski definition) is 0. The van der Waals surface area contributed by atoms with Gasteiger partial charge in [0.1, 0.15) is 11.6 Å². The Bertz CT molecular complexity index is 554. The Labute approximate surface area is 146 Å². The molecule has 0 bridgehead atoms. The number of carbonyl (C=O) groups excluding carboxylic acids is 2. The van der Waals surface area contributed by atoms with Crippen LogP contribution in [0.1, 0.15) is 63.5 Å². The molecule has 3 rings (SSSR count). The Morgan fingerprint density at radius 3 is 1.71 bits per heavy atom. The third kappa shape index (κ3) is 4.34. The van der Waals surface area contributed by atoms with Gasteiger partial charge in [-0.2, -0.15) is 0 Å². The van der Waals surface area contributed by atoms with Crippen LogP contribution in [0.25, 0.3) is 0 Å². The lowest BCUT2D eigenvalue weighted by atomic mass is 9.77. The van der Waals surface area contributed by atoms with E-state index in [0.717, 1.165) is 51.4 Å². The average Bonchev–Trinajstić information content (AvgIpc) is 2.55. The van der Waals surface area contributed by atoms with Gasteiger partial charge in [0, 0.05) is 24.7 Å². The molecule has 2 aliphatic rings. The molecule has 0 N–H and O–H groups in total. The van der Waals surface area contributed by atoms with Gasteiger partial charge in [0.2, 0.25) is 0 Å². The van der Waals surface area contributed by atoms with E-state index in [1.165, 1.54) is 11.1 Å². The van der Waals surface area contributed by atoms with Gasteiger partial charge in [-0.25, -0.2) is 0 Å². The van der Waals surface area contributed by atoms with Gasteiger partial charge in [-0.15, -0.1) is 0 Å². The summed E-state index contributed by atoms with van der Waals surface area (Å²) < 4.78 is 0. The normalized spacial score (nSPS) is 31.2. The zero-order valence-electron chi connectivity index (χ0n) is 15.1. The molecule has 130 valence electrons. The first-order chi connectivity index (χ1) is 11.5. The molecule has 2 saturated carbocycles. The molecule has 2 fully saturated rings. The molecule has 0 amide bonds. The van der Waals surface area contributed by atoms with Crippen molar-refractivity contribution in [3.63, 3.8) is 0 Å². The fourth-order valence-electron chi connectivity index (χ4n) is 4.61. The standard InChI is InChI=1S/C22H30O2/c1-15-10-19(6-8-21(15)23)13-17-4-3-5-18(12-17)14-20-7-9-22(24)16(2)11-20/h3-5,12,15-16,19-20H,6-11,13-14H2,1-2H3. The molecule has 0 radical (unpaired) electrons. The molecule has 0 aliphatic heterocycles. The van der Waals surface area contributed by atoms with Crippen molar-refractivity contribution in [2.75, 3.05) is 0 Å². The highest BCUT2D eigenvalue weighted by molar-refractivity contribution is 5.81. The average molecular weight is 326 g/mol. The summed E-state index contributed by atoms with van der Waals surface area (Å²) >= 11 is 0. The highest BCUT2D eigenvalue weighted by Crippen LogP contribution is 2.31. The fourth-order valence-corrected chi connectivity index (χ4v) is 4.61. The lowest BCUT2D eigenvalue weighted by molar-refractivity contribution is -0.125. The summed E-state index contributed by atoms with van der Waals surface area (Å²) in [4.78, 5) is 23.4. The second kappa shape index (κ2) is 7.63. The molecule has 0 saturated heterocycles. The number of benzene rings is 1. The van der Waals surface area contributed by atoms with Gasteiger partial charge in [0.25, 0.3) is 0 Å². The third-order valence-corrected chi connectivity index (χ3v) is 6.11. The van der Waals surface area contributed by atoms with Crippen molar-refractivity contribution in [1.82, 2.24) is 0 Å². The minimum atomic E-state index is 0.244. The Kier molecular flexibility index (Phi) is 5.53. The predicted molar refractivity (Wildman–Crippen MR) is 96.9 cm³/mol. The van der Waals surface area contributed by atoms with Gasteiger partial charge in [-0.05, 0) is 61.5 Å². The molecule has 4 atom stereocenters. The molecule has 0 heterocycles. The number of carbonyl (C=O) groups is 2. The molecule has 2 heteroatoms. The van der Waals surface area contributed by atoms with Gasteiger partial charge in [0.15, 0.2) is 0 Å². The number of Topliss-reactive ketones (excluding diaryl/α,β-unsaturated/α-hetero) is 2. The molecule has 0 aromatic heterocycles. The molecule has 1 aromatic rings. The lowest BCUT2D eigenvalue weighted by Gasteiger charge is -2.27. The molecule has 4 unspecified atom stereocenters. The molecular weight excluding hydrogens is 296 g/mol. The first-order valence-corrected chi connectivity index (χ1v) is 9.64. The lowest BCUT2D eigenvalue weighted by Crippen LogP contribution is -2.24. The number of ketones is 2. The van der Waals surface area contributed by atoms with Crippen LogP contribution in [0, 0.1) is 23.7 Å². The van der Waals surface area contributed by atoms with Crippen molar-refractivity contribution in [3.8, 4) is 0 Å². The van der Waals surface area contributed by atoms with Crippen molar-refractivity contribution in [2.45, 2.75) is 65.2 Å². The van der Waals surface area contributed by atoms with Crippen LogP contribution in [0.4, 0.5) is 0 Å². The topological polar surface area (TPSA) is 34.1 Å². The first kappa shape index (κ1) is 17.4. The van der Waals surface area contributed by atoms with Crippen LogP contribution in [-0.2, 0) is 22.4 Å². The highest BCUT2D eigenvalue weighted by atomic mass is 16.1. The van der Waals surface area contributed by atoms with Crippen molar-refractivity contribution >= 4 is 11.6 Å². The van der Waals surface area contributed by atoms with E-state index >= 15 is 0 Å². The highest BCUT2D eigenvalue weighted by Gasteiger charge is 2.26. The van der Waals surface area contributed by atoms with E-state index in [4.69, 9.17) is 0 Å². The molecule has 0 spiro atoms. The van der Waals surface area contributed by atoms with E-state index in [1.807, 2.05) is 0 Å². The zero-order valence-corrected chi connectivity index (χ0v) is 15.1. The summed E-state index contributed by atoms with van der Waals surface area (Å²) in [5, 5.41) is 0. The monoisotopic (exact) mass is 326 g/mol. The molecule has 24 heavy (non-hydrogen) atoms. The van der Waals surface area contributed by atoms with E-state index in [9.17, 15) is 9.59 Å². The van der Waals surface area contributed by atoms with Crippen LogP contribution in [0.5, 0.6) is 0 Å². The maximum Gasteiger partial charge on any atom is 0.135 e. The second-order valence-electron chi connectivity index (χ2n) is 8.24. The third-order valence-electron chi connectivity index (χ3n) is 6.11. The molecule has 2 nitrogen and oxygen atoms in total. The Hall–Kier alpha value is -1.44. The number of hydrogen-bond acceptors (Lipinski definition) is 2. The fraction of sp³-hybridized carbons (Fsp3) is 0.636. The van der Waals surface area contributed by atoms with Crippen LogP contribution in [-0.4, -0.2) is 11.6 Å². The summed E-state index contributed by atoms with van der Waals surface area (Å²) in [6.07, 6.45) is 7.93. The van der Waals surface area contributed by atoms with Crippen LogP contribution in [0.2, 0.25) is 0 Å². The molecule has 1 aromatic carbocycles. The second-order valence-corrected chi connectivity index (χ2v) is 8.24. The minimum absolute atomic E-state index is 0.244. The van der Waals surface area contributed by atoms with Crippen molar-refractivity contribution < 1.29 is 9.59 Å². The van der Waals surface area contributed by atoms with Gasteiger partial charge in [0.05, 0.1) is 0 Å². The van der Waals surface area contributed by atoms with Crippen molar-refractivity contribution in [1.29, 1.82) is 0 Å².